The number of urea groups is 1. The number of unbranched alkanes of at least 4 members (excludes halogenated alkanes) is 1. The van der Waals surface area contributed by atoms with Gasteiger partial charge in [-0.25, -0.2) is 4.79 Å². The first-order chi connectivity index (χ1) is 14.7. The predicted octanol–water partition coefficient (Wildman–Crippen LogP) is 3.14. The number of nitrogens with one attached hydrogen (secondary N) is 1. The van der Waals surface area contributed by atoms with Gasteiger partial charge in [-0.2, -0.15) is 5.21 Å². The number of anilines is 1. The summed E-state index contributed by atoms with van der Waals surface area (Å²) >= 11 is 0. The second-order valence-corrected chi connectivity index (χ2v) is 7.31. The largest absolute Gasteiger partial charge is 0.491 e. The molecule has 0 saturated carbocycles. The molecule has 30 heavy (non-hydrogen) atoms. The number of amides is 2. The lowest BCUT2D eigenvalue weighted by Gasteiger charge is -2.19. The van der Waals surface area contributed by atoms with Crippen molar-refractivity contribution in [2.75, 3.05) is 24.5 Å². The van der Waals surface area contributed by atoms with Crippen molar-refractivity contribution < 1.29 is 9.53 Å². The minimum absolute atomic E-state index is 0.0761. The molecule has 0 radical (unpaired) electrons. The molecule has 2 aromatic heterocycles. The molecule has 9 heteroatoms. The fraction of sp³-hybridized carbons (Fsp3) is 0.381. The maximum atomic E-state index is 12.6. The molecule has 1 aromatic carbocycles. The maximum absolute atomic E-state index is 12.6. The Labute approximate surface area is 175 Å². The van der Waals surface area contributed by atoms with E-state index < -0.39 is 0 Å². The Kier molecular flexibility index (Phi) is 6.17. The zero-order valence-corrected chi connectivity index (χ0v) is 16.9. The van der Waals surface area contributed by atoms with Crippen molar-refractivity contribution in [3.8, 4) is 17.1 Å². The Morgan fingerprint density at radius 1 is 1.10 bits per heavy atom. The Morgan fingerprint density at radius 3 is 2.63 bits per heavy atom. The first-order valence-electron chi connectivity index (χ1n) is 10.2. The fourth-order valence-electron chi connectivity index (χ4n) is 3.55. The van der Waals surface area contributed by atoms with Gasteiger partial charge in [-0.05, 0) is 67.8 Å². The summed E-state index contributed by atoms with van der Waals surface area (Å²) in [4.78, 5) is 20.3. The number of aromatic nitrogens is 5. The molecule has 1 aliphatic heterocycles. The van der Waals surface area contributed by atoms with Gasteiger partial charge in [0, 0.05) is 43.3 Å². The van der Waals surface area contributed by atoms with E-state index in [4.69, 9.17) is 4.74 Å². The minimum atomic E-state index is 0.0761. The number of aromatic amines is 1. The molecule has 0 aliphatic carbocycles. The number of tetrazole rings is 1. The molecule has 1 aliphatic rings. The van der Waals surface area contributed by atoms with Crippen LogP contribution in [-0.2, 0) is 0 Å². The highest BCUT2D eigenvalue weighted by molar-refractivity contribution is 5.93. The Balaban J connectivity index is 1.17. The molecule has 0 bridgehead atoms. The molecular formula is C21H25N7O2. The molecule has 4 rings (SSSR count). The van der Waals surface area contributed by atoms with E-state index in [0.717, 1.165) is 55.9 Å². The summed E-state index contributed by atoms with van der Waals surface area (Å²) in [5, 5.41) is 13.9. The number of carbonyl (C=O) groups excluding carboxylic acids is 1. The summed E-state index contributed by atoms with van der Waals surface area (Å²) in [7, 11) is 0. The number of carbonyl (C=O) groups is 1. The molecule has 1 saturated heterocycles. The van der Waals surface area contributed by atoms with Crippen molar-refractivity contribution in [1.82, 2.24) is 30.5 Å². The van der Waals surface area contributed by atoms with Crippen molar-refractivity contribution in [1.29, 1.82) is 0 Å². The van der Waals surface area contributed by atoms with Gasteiger partial charge in [-0.15, -0.1) is 10.2 Å². The van der Waals surface area contributed by atoms with Crippen molar-refractivity contribution in [2.24, 2.45) is 0 Å². The van der Waals surface area contributed by atoms with Crippen LogP contribution in [0.5, 0.6) is 5.75 Å². The number of benzene rings is 1. The molecule has 1 N–H and O–H groups in total. The molecule has 1 unspecified atom stereocenters. The normalized spacial score (nSPS) is 14.9. The van der Waals surface area contributed by atoms with E-state index >= 15 is 0 Å². The second kappa shape index (κ2) is 9.34. The van der Waals surface area contributed by atoms with Crippen LogP contribution in [-0.4, -0.2) is 62.3 Å². The van der Waals surface area contributed by atoms with Crippen LogP contribution in [0.4, 0.5) is 10.5 Å². The average molecular weight is 407 g/mol. The summed E-state index contributed by atoms with van der Waals surface area (Å²) in [6.45, 7) is 4.33. The van der Waals surface area contributed by atoms with E-state index in [1.807, 2.05) is 46.2 Å². The smallest absolute Gasteiger partial charge is 0.324 e. The lowest BCUT2D eigenvalue weighted by Crippen LogP contribution is -2.32. The molecule has 9 nitrogen and oxygen atoms in total. The third-order valence-corrected chi connectivity index (χ3v) is 5.15. The summed E-state index contributed by atoms with van der Waals surface area (Å²) in [6.07, 6.45) is 6.42. The average Bonchev–Trinajstić information content (AvgIpc) is 3.43. The number of hydrogen-bond donors (Lipinski definition) is 1. The Hall–Kier alpha value is -3.49. The Bertz CT molecular complexity index is 932. The zero-order valence-electron chi connectivity index (χ0n) is 16.9. The van der Waals surface area contributed by atoms with Crippen LogP contribution in [0.25, 0.3) is 11.4 Å². The van der Waals surface area contributed by atoms with Gasteiger partial charge in [-0.3, -0.25) is 9.88 Å². The molecular weight excluding hydrogens is 382 g/mol. The van der Waals surface area contributed by atoms with Crippen LogP contribution >= 0.6 is 0 Å². The number of rotatable bonds is 9. The van der Waals surface area contributed by atoms with Gasteiger partial charge < -0.3 is 9.64 Å². The van der Waals surface area contributed by atoms with Crippen molar-refractivity contribution >= 4 is 11.7 Å². The molecule has 3 aromatic rings. The second-order valence-electron chi connectivity index (χ2n) is 7.31. The van der Waals surface area contributed by atoms with Gasteiger partial charge in [0.1, 0.15) is 5.75 Å². The third kappa shape index (κ3) is 4.73. The topological polar surface area (TPSA) is 100 Å². The monoisotopic (exact) mass is 407 g/mol. The quantitative estimate of drug-likeness (QED) is 0.547. The minimum Gasteiger partial charge on any atom is -0.491 e. The van der Waals surface area contributed by atoms with Crippen molar-refractivity contribution in [3.63, 3.8) is 0 Å². The molecule has 1 atom stereocenters. The van der Waals surface area contributed by atoms with Crippen LogP contribution in [0.15, 0.2) is 48.8 Å². The summed E-state index contributed by atoms with van der Waals surface area (Å²) in [5.41, 5.74) is 1.80. The van der Waals surface area contributed by atoms with E-state index in [1.165, 1.54) is 0 Å². The van der Waals surface area contributed by atoms with Crippen LogP contribution in [0, 0.1) is 0 Å². The molecule has 0 spiro atoms. The number of hydrogen-bond acceptors (Lipinski definition) is 6. The van der Waals surface area contributed by atoms with Crippen LogP contribution in [0.3, 0.4) is 0 Å². The van der Waals surface area contributed by atoms with E-state index in [9.17, 15) is 4.79 Å². The van der Waals surface area contributed by atoms with Gasteiger partial charge >= 0.3 is 6.03 Å². The third-order valence-electron chi connectivity index (χ3n) is 5.15. The molecule has 3 heterocycles. The molecule has 156 valence electrons. The van der Waals surface area contributed by atoms with Gasteiger partial charge in [0.15, 0.2) is 0 Å². The first kappa shape index (κ1) is 19.8. The van der Waals surface area contributed by atoms with Crippen molar-refractivity contribution in [3.05, 3.63) is 48.8 Å². The highest BCUT2D eigenvalue weighted by Gasteiger charge is 2.28. The van der Waals surface area contributed by atoms with Gasteiger partial charge in [0.05, 0.1) is 6.10 Å². The highest BCUT2D eigenvalue weighted by Crippen LogP contribution is 2.21. The standard InChI is InChI=1S/C21H25N7O2/c1-16(30-19-7-5-17(6-8-19)20-23-25-26-24-20)4-2-3-13-27-14-15-28(21(27)29)18-9-11-22-12-10-18/h5-12,16H,2-4,13-15H2,1H3,(H,23,24,25,26). The number of nitrogens with zero attached hydrogens (tertiary/aromatic N) is 6. The fourth-order valence-corrected chi connectivity index (χ4v) is 3.55. The number of pyridine rings is 1. The van der Waals surface area contributed by atoms with Gasteiger partial charge in [-0.1, -0.05) is 0 Å². The summed E-state index contributed by atoms with van der Waals surface area (Å²) in [6, 6.07) is 11.5. The zero-order chi connectivity index (χ0) is 20.8. The lowest BCUT2D eigenvalue weighted by molar-refractivity contribution is 0.201. The number of ether oxygens (including phenoxy) is 1. The summed E-state index contributed by atoms with van der Waals surface area (Å²) in [5.74, 6) is 1.38. The predicted molar refractivity (Wildman–Crippen MR) is 112 cm³/mol. The number of H-pyrrole nitrogens is 1. The molecule has 1 fully saturated rings. The van der Waals surface area contributed by atoms with E-state index in [0.29, 0.717) is 5.82 Å². The van der Waals surface area contributed by atoms with Crippen LogP contribution in [0.2, 0.25) is 0 Å². The van der Waals surface area contributed by atoms with E-state index in [1.54, 1.807) is 12.4 Å². The van der Waals surface area contributed by atoms with E-state index in [2.05, 4.69) is 32.5 Å². The van der Waals surface area contributed by atoms with Crippen LogP contribution in [0.1, 0.15) is 26.2 Å². The first-order valence-corrected chi connectivity index (χ1v) is 10.2. The van der Waals surface area contributed by atoms with Gasteiger partial charge in [0.2, 0.25) is 5.82 Å². The SMILES string of the molecule is CC(CCCCN1CCN(c2ccncc2)C1=O)Oc1ccc(-c2nn[nH]n2)cc1. The van der Waals surface area contributed by atoms with Crippen LogP contribution < -0.4 is 9.64 Å². The van der Waals surface area contributed by atoms with Gasteiger partial charge in [0.25, 0.3) is 0 Å². The Morgan fingerprint density at radius 2 is 1.90 bits per heavy atom. The molecule has 2 amide bonds. The highest BCUT2D eigenvalue weighted by atomic mass is 16.5. The maximum Gasteiger partial charge on any atom is 0.324 e. The van der Waals surface area contributed by atoms with E-state index in [-0.39, 0.29) is 12.1 Å². The summed E-state index contributed by atoms with van der Waals surface area (Å²) < 4.78 is 6.00. The lowest BCUT2D eigenvalue weighted by atomic mass is 10.1. The van der Waals surface area contributed by atoms with Crippen molar-refractivity contribution in [2.45, 2.75) is 32.3 Å².